The zero-order chi connectivity index (χ0) is 14.9. The molecule has 0 heterocycles. The molecule has 21 heavy (non-hydrogen) atoms. The maximum absolute atomic E-state index is 5.75. The Labute approximate surface area is 131 Å². The van der Waals surface area contributed by atoms with E-state index in [4.69, 9.17) is 11.6 Å². The minimum atomic E-state index is 0.757. The van der Waals surface area contributed by atoms with Gasteiger partial charge in [-0.15, -0.1) is 0 Å². The van der Waals surface area contributed by atoms with Crippen molar-refractivity contribution in [3.05, 3.63) is 102 Å². The molecule has 0 nitrogen and oxygen atoms in total. The van der Waals surface area contributed by atoms with Gasteiger partial charge in [0.1, 0.15) is 0 Å². The Morgan fingerprint density at radius 2 is 1.05 bits per heavy atom. The second kappa shape index (κ2) is 8.08. The van der Waals surface area contributed by atoms with Crippen molar-refractivity contribution in [2.45, 2.75) is 0 Å². The Balaban J connectivity index is 0.000000161. The van der Waals surface area contributed by atoms with Crippen LogP contribution in [0.15, 0.2) is 91.5 Å². The summed E-state index contributed by atoms with van der Waals surface area (Å²) in [4.78, 5) is 0. The number of halogens is 1. The van der Waals surface area contributed by atoms with Crippen molar-refractivity contribution in [1.82, 2.24) is 0 Å². The van der Waals surface area contributed by atoms with E-state index < -0.39 is 0 Å². The fraction of sp³-hybridized carbons (Fsp3) is 0. The van der Waals surface area contributed by atoms with Gasteiger partial charge in [-0.2, -0.15) is 0 Å². The molecule has 0 fully saturated rings. The van der Waals surface area contributed by atoms with Gasteiger partial charge in [0.25, 0.3) is 0 Å². The lowest BCUT2D eigenvalue weighted by molar-refractivity contribution is 1.62. The molecule has 3 rings (SSSR count). The molecule has 0 aromatic heterocycles. The van der Waals surface area contributed by atoms with E-state index in [0.717, 1.165) is 10.6 Å². The Bertz CT molecular complexity index is 635. The van der Waals surface area contributed by atoms with Gasteiger partial charge in [-0.05, 0) is 22.8 Å². The highest BCUT2D eigenvalue weighted by atomic mass is 35.5. The summed E-state index contributed by atoms with van der Waals surface area (Å²) >= 11 is 5.75. The van der Waals surface area contributed by atoms with Gasteiger partial charge in [-0.3, -0.25) is 0 Å². The van der Waals surface area contributed by atoms with E-state index in [1.54, 1.807) is 6.08 Å². The molecule has 0 saturated carbocycles. The zero-order valence-electron chi connectivity index (χ0n) is 11.7. The average molecular weight is 293 g/mol. The fourth-order valence-electron chi connectivity index (χ4n) is 1.90. The summed E-state index contributed by atoms with van der Waals surface area (Å²) in [7, 11) is 0. The van der Waals surface area contributed by atoms with Gasteiger partial charge in [-0.1, -0.05) is 103 Å². The first-order chi connectivity index (χ1) is 10.3. The molecule has 0 N–H and O–H groups in total. The van der Waals surface area contributed by atoms with Crippen LogP contribution >= 0.6 is 11.6 Å². The van der Waals surface area contributed by atoms with Gasteiger partial charge in [-0.25, -0.2) is 0 Å². The van der Waals surface area contributed by atoms with Crippen LogP contribution in [-0.4, -0.2) is 0 Å². The summed E-state index contributed by atoms with van der Waals surface area (Å²) in [6.07, 6.45) is 1.74. The Hall–Kier alpha value is -2.31. The van der Waals surface area contributed by atoms with Crippen molar-refractivity contribution in [2.75, 3.05) is 0 Å². The average Bonchev–Trinajstić information content (AvgIpc) is 2.58. The van der Waals surface area contributed by atoms with Gasteiger partial charge in [0, 0.05) is 5.02 Å². The summed E-state index contributed by atoms with van der Waals surface area (Å²) in [5.41, 5.74) is 3.54. The standard InChI is InChI=1S/C12H10.C8H7Cl/c1-3-7-11(8-4-1)12-9-5-2-6-10-12;1-2-7-5-3-4-6-8(7)9/h1-10H;2-6H,1H2. The van der Waals surface area contributed by atoms with Gasteiger partial charge in [0.05, 0.1) is 0 Å². The largest absolute Gasteiger partial charge is 0.0984 e. The van der Waals surface area contributed by atoms with Gasteiger partial charge in [0.2, 0.25) is 0 Å². The predicted molar refractivity (Wildman–Crippen MR) is 93.4 cm³/mol. The van der Waals surface area contributed by atoms with Crippen molar-refractivity contribution in [1.29, 1.82) is 0 Å². The van der Waals surface area contributed by atoms with Crippen molar-refractivity contribution in [2.24, 2.45) is 0 Å². The summed E-state index contributed by atoms with van der Waals surface area (Å²) in [5, 5.41) is 0.757. The Kier molecular flexibility index (Phi) is 5.81. The van der Waals surface area contributed by atoms with E-state index in [1.165, 1.54) is 11.1 Å². The minimum absolute atomic E-state index is 0.757. The number of hydrogen-bond donors (Lipinski definition) is 0. The van der Waals surface area contributed by atoms with Crippen LogP contribution in [0.4, 0.5) is 0 Å². The smallest absolute Gasteiger partial charge is 0.0478 e. The lowest BCUT2D eigenvalue weighted by Gasteiger charge is -1.98. The molecule has 0 amide bonds. The molecule has 0 aliphatic heterocycles. The third-order valence-electron chi connectivity index (χ3n) is 3.01. The highest BCUT2D eigenvalue weighted by molar-refractivity contribution is 6.32. The second-order valence-electron chi connectivity index (χ2n) is 4.46. The fourth-order valence-corrected chi connectivity index (χ4v) is 2.11. The minimum Gasteiger partial charge on any atom is -0.0984 e. The van der Waals surface area contributed by atoms with Crippen LogP contribution in [0.25, 0.3) is 17.2 Å². The van der Waals surface area contributed by atoms with Crippen LogP contribution in [0.5, 0.6) is 0 Å². The molecule has 0 aliphatic rings. The Morgan fingerprint density at radius 1 is 0.619 bits per heavy atom. The highest BCUT2D eigenvalue weighted by Crippen LogP contribution is 2.17. The van der Waals surface area contributed by atoms with Crippen LogP contribution in [0, 0.1) is 0 Å². The molecule has 0 spiro atoms. The quantitative estimate of drug-likeness (QED) is 0.517. The lowest BCUT2D eigenvalue weighted by atomic mass is 10.1. The van der Waals surface area contributed by atoms with Crippen molar-refractivity contribution in [3.8, 4) is 11.1 Å². The van der Waals surface area contributed by atoms with Crippen molar-refractivity contribution >= 4 is 17.7 Å². The SMILES string of the molecule is C=Cc1ccccc1Cl.c1ccc(-c2ccccc2)cc1. The summed E-state index contributed by atoms with van der Waals surface area (Å²) in [6, 6.07) is 28.4. The molecule has 0 bridgehead atoms. The van der Waals surface area contributed by atoms with Crippen LogP contribution in [0.1, 0.15) is 5.56 Å². The summed E-state index contributed by atoms with van der Waals surface area (Å²) < 4.78 is 0. The van der Waals surface area contributed by atoms with Crippen LogP contribution in [-0.2, 0) is 0 Å². The third-order valence-corrected chi connectivity index (χ3v) is 3.35. The molecule has 1 heteroatoms. The predicted octanol–water partition coefficient (Wildman–Crippen LogP) is 6.34. The lowest BCUT2D eigenvalue weighted by Crippen LogP contribution is -1.73. The first-order valence-corrected chi connectivity index (χ1v) is 7.16. The normalized spacial score (nSPS) is 9.38. The van der Waals surface area contributed by atoms with Crippen molar-refractivity contribution in [3.63, 3.8) is 0 Å². The molecule has 0 unspecified atom stereocenters. The van der Waals surface area contributed by atoms with E-state index in [2.05, 4.69) is 55.1 Å². The van der Waals surface area contributed by atoms with E-state index in [1.807, 2.05) is 36.4 Å². The Morgan fingerprint density at radius 3 is 1.43 bits per heavy atom. The molecule has 104 valence electrons. The zero-order valence-corrected chi connectivity index (χ0v) is 12.5. The maximum atomic E-state index is 5.75. The monoisotopic (exact) mass is 292 g/mol. The van der Waals surface area contributed by atoms with Crippen molar-refractivity contribution < 1.29 is 0 Å². The van der Waals surface area contributed by atoms with Crippen LogP contribution in [0.2, 0.25) is 5.02 Å². The van der Waals surface area contributed by atoms with Gasteiger partial charge in [0.15, 0.2) is 0 Å². The second-order valence-corrected chi connectivity index (χ2v) is 4.86. The highest BCUT2D eigenvalue weighted by Gasteiger charge is 1.92. The molecule has 3 aromatic carbocycles. The van der Waals surface area contributed by atoms with Gasteiger partial charge < -0.3 is 0 Å². The van der Waals surface area contributed by atoms with E-state index in [9.17, 15) is 0 Å². The number of rotatable bonds is 2. The molecule has 0 aliphatic carbocycles. The first kappa shape index (κ1) is 15.1. The van der Waals surface area contributed by atoms with Crippen LogP contribution < -0.4 is 0 Å². The maximum Gasteiger partial charge on any atom is 0.0478 e. The summed E-state index contributed by atoms with van der Waals surface area (Å²) in [6.45, 7) is 3.61. The number of benzene rings is 3. The topological polar surface area (TPSA) is 0 Å². The molecule has 0 radical (unpaired) electrons. The van der Waals surface area contributed by atoms with E-state index in [0.29, 0.717) is 0 Å². The van der Waals surface area contributed by atoms with E-state index >= 15 is 0 Å². The number of hydrogen-bond acceptors (Lipinski definition) is 0. The molecule has 0 atom stereocenters. The molecular weight excluding hydrogens is 276 g/mol. The molecule has 0 saturated heterocycles. The van der Waals surface area contributed by atoms with Crippen LogP contribution in [0.3, 0.4) is 0 Å². The third kappa shape index (κ3) is 4.62. The molecular formula is C20H17Cl. The van der Waals surface area contributed by atoms with E-state index in [-0.39, 0.29) is 0 Å². The summed E-state index contributed by atoms with van der Waals surface area (Å²) in [5.74, 6) is 0. The van der Waals surface area contributed by atoms with Gasteiger partial charge >= 0.3 is 0 Å². The first-order valence-electron chi connectivity index (χ1n) is 6.78. The molecule has 3 aromatic rings.